The van der Waals surface area contributed by atoms with Crippen molar-refractivity contribution in [2.75, 3.05) is 0 Å². The van der Waals surface area contributed by atoms with Crippen LogP contribution in [0.25, 0.3) is 4.98 Å². The van der Waals surface area contributed by atoms with Crippen LogP contribution in [0.3, 0.4) is 0 Å². The van der Waals surface area contributed by atoms with Gasteiger partial charge in [0.25, 0.3) is 10.1 Å². The minimum absolute atomic E-state index is 0.221. The van der Waals surface area contributed by atoms with E-state index in [1.54, 1.807) is 13.8 Å². The van der Waals surface area contributed by atoms with Gasteiger partial charge in [-0.05, 0) is 13.0 Å². The highest BCUT2D eigenvalue weighted by atomic mass is 32.2. The number of rotatable bonds is 1. The van der Waals surface area contributed by atoms with Gasteiger partial charge in [0.1, 0.15) is 4.98 Å². The first-order valence-electron chi connectivity index (χ1n) is 4.01. The number of hydrogen-bond acceptors (Lipinski definition) is 3. The molecule has 1 aliphatic carbocycles. The van der Waals surface area contributed by atoms with Crippen molar-refractivity contribution in [1.29, 1.82) is 5.39 Å². The van der Waals surface area contributed by atoms with E-state index in [4.69, 9.17) is 9.95 Å². The minimum atomic E-state index is -4.23. The molecular weight excluding hydrogens is 204 g/mol. The van der Waals surface area contributed by atoms with Gasteiger partial charge in [0.15, 0.2) is 0 Å². The lowest BCUT2D eigenvalue weighted by atomic mass is 9.90. The zero-order chi connectivity index (χ0) is 11.0. The lowest BCUT2D eigenvalue weighted by Gasteiger charge is -2.13. The predicted octanol–water partition coefficient (Wildman–Crippen LogP) is 1.72. The summed E-state index contributed by atoms with van der Waals surface area (Å²) in [5, 5.41) is 8.73. The molecule has 0 fully saturated rings. The summed E-state index contributed by atoms with van der Waals surface area (Å²) in [5.74, 6) is 0. The summed E-state index contributed by atoms with van der Waals surface area (Å²) in [4.78, 5) is 2.88. The molecule has 1 rings (SSSR count). The van der Waals surface area contributed by atoms with Gasteiger partial charge < -0.3 is 0 Å². The van der Waals surface area contributed by atoms with Crippen molar-refractivity contribution < 1.29 is 13.0 Å². The summed E-state index contributed by atoms with van der Waals surface area (Å²) in [6, 6.07) is 0. The Hall–Kier alpha value is -1.19. The molecule has 1 unspecified atom stereocenters. The summed E-state index contributed by atoms with van der Waals surface area (Å²) in [5.41, 5.74) is -0.232. The molecule has 0 heterocycles. The van der Waals surface area contributed by atoms with E-state index in [1.165, 1.54) is 12.2 Å². The van der Waals surface area contributed by atoms with E-state index in [-0.39, 0.29) is 4.91 Å². The van der Waals surface area contributed by atoms with Crippen LogP contribution < -0.4 is 0 Å². The van der Waals surface area contributed by atoms with Gasteiger partial charge in [0.2, 0.25) is 5.39 Å². The van der Waals surface area contributed by atoms with Crippen LogP contribution in [0.2, 0.25) is 0 Å². The lowest BCUT2D eigenvalue weighted by molar-refractivity contribution is 0.490. The molecule has 5 nitrogen and oxygen atoms in total. The van der Waals surface area contributed by atoms with Gasteiger partial charge >= 0.3 is 5.54 Å². The summed E-state index contributed by atoms with van der Waals surface area (Å²) in [6.07, 6.45) is 3.03. The third-order valence-electron chi connectivity index (χ3n) is 2.00. The zero-order valence-electron chi connectivity index (χ0n) is 7.93. The van der Waals surface area contributed by atoms with Crippen molar-refractivity contribution in [2.24, 2.45) is 0 Å². The van der Waals surface area contributed by atoms with Crippen molar-refractivity contribution in [1.82, 2.24) is 0 Å². The Kier molecular flexibility index (Phi) is 2.48. The highest BCUT2D eigenvalue weighted by Crippen LogP contribution is 2.30. The molecule has 0 aromatic rings. The van der Waals surface area contributed by atoms with Crippen LogP contribution in [0.1, 0.15) is 20.3 Å². The molecule has 0 amide bonds. The number of allylic oxidation sites excluding steroid dienone is 1. The Bertz CT molecular complexity index is 455. The first-order chi connectivity index (χ1) is 6.27. The van der Waals surface area contributed by atoms with E-state index in [0.29, 0.717) is 6.42 Å². The molecular formula is C8H11N2O3S+. The molecule has 0 aromatic carbocycles. The van der Waals surface area contributed by atoms with Crippen LogP contribution in [0.4, 0.5) is 0 Å². The van der Waals surface area contributed by atoms with Gasteiger partial charge in [-0.2, -0.15) is 8.42 Å². The fourth-order valence-electron chi connectivity index (χ4n) is 1.47. The number of diazo groups is 1. The number of hydrogen-bond donors (Lipinski definition) is 1. The van der Waals surface area contributed by atoms with Gasteiger partial charge in [-0.3, -0.25) is 4.55 Å². The fraction of sp³-hybridized carbons (Fsp3) is 0.500. The fourth-order valence-corrected chi connectivity index (χ4v) is 2.22. The smallest absolute Gasteiger partial charge is 0.282 e. The summed E-state index contributed by atoms with van der Waals surface area (Å²) in [6.45, 7) is 3.29. The normalized spacial score (nSPS) is 27.6. The van der Waals surface area contributed by atoms with E-state index in [0.717, 1.165) is 5.57 Å². The maximum absolute atomic E-state index is 10.9. The first kappa shape index (κ1) is 10.9. The van der Waals surface area contributed by atoms with E-state index in [1.807, 2.05) is 0 Å². The van der Waals surface area contributed by atoms with Crippen LogP contribution in [0.15, 0.2) is 22.6 Å². The summed E-state index contributed by atoms with van der Waals surface area (Å²) < 4.78 is 30.5. The Labute approximate surface area is 82.5 Å². The maximum atomic E-state index is 10.9. The second kappa shape index (κ2) is 3.19. The number of nitrogens with zero attached hydrogens (tertiary/aromatic N) is 2. The third kappa shape index (κ3) is 2.19. The molecule has 1 N–H and O–H groups in total. The second-order valence-corrected chi connectivity index (χ2v) is 5.07. The van der Waals surface area contributed by atoms with Crippen molar-refractivity contribution >= 4 is 10.1 Å². The van der Waals surface area contributed by atoms with Crippen LogP contribution in [0, 0.1) is 5.39 Å². The van der Waals surface area contributed by atoms with Crippen molar-refractivity contribution in [3.63, 3.8) is 0 Å². The van der Waals surface area contributed by atoms with Gasteiger partial charge in [0, 0.05) is 13.0 Å². The maximum Gasteiger partial charge on any atom is 0.343 e. The third-order valence-corrected chi connectivity index (χ3v) is 2.84. The quantitative estimate of drug-likeness (QED) is 0.533. The van der Waals surface area contributed by atoms with E-state index >= 15 is 0 Å². The van der Waals surface area contributed by atoms with E-state index in [2.05, 4.69) is 4.98 Å². The van der Waals surface area contributed by atoms with Crippen LogP contribution >= 0.6 is 0 Å². The average molecular weight is 215 g/mol. The molecule has 0 aromatic heterocycles. The molecule has 1 aliphatic rings. The van der Waals surface area contributed by atoms with Crippen LogP contribution in [-0.2, 0) is 10.1 Å². The van der Waals surface area contributed by atoms with Crippen molar-refractivity contribution in [3.05, 3.63) is 27.6 Å². The van der Waals surface area contributed by atoms with Gasteiger partial charge in [-0.15, -0.1) is 0 Å². The molecule has 0 saturated carbocycles. The monoisotopic (exact) mass is 215 g/mol. The molecule has 14 heavy (non-hydrogen) atoms. The molecule has 0 bridgehead atoms. The van der Waals surface area contributed by atoms with Crippen molar-refractivity contribution in [3.8, 4) is 0 Å². The first-order valence-corrected chi connectivity index (χ1v) is 5.45. The molecule has 0 aliphatic heterocycles. The average Bonchev–Trinajstić information content (AvgIpc) is 2.01. The van der Waals surface area contributed by atoms with Gasteiger partial charge in [-0.1, -0.05) is 5.57 Å². The Morgan fingerprint density at radius 1 is 1.64 bits per heavy atom. The molecule has 0 radical (unpaired) electrons. The SMILES string of the molecule is CC1=CC(S(=O)(=O)O)=CC(C)([N+]#N)C1. The van der Waals surface area contributed by atoms with Crippen LogP contribution in [0.5, 0.6) is 0 Å². The van der Waals surface area contributed by atoms with E-state index in [9.17, 15) is 8.42 Å². The molecule has 0 spiro atoms. The van der Waals surface area contributed by atoms with Crippen LogP contribution in [-0.4, -0.2) is 18.5 Å². The molecule has 0 saturated heterocycles. The highest BCUT2D eigenvalue weighted by molar-refractivity contribution is 7.90. The topological polar surface area (TPSA) is 82.5 Å². The lowest BCUT2D eigenvalue weighted by Crippen LogP contribution is -2.22. The van der Waals surface area contributed by atoms with Crippen molar-refractivity contribution in [2.45, 2.75) is 25.8 Å². The largest absolute Gasteiger partial charge is 0.343 e. The zero-order valence-corrected chi connectivity index (χ0v) is 8.74. The molecule has 1 atom stereocenters. The van der Waals surface area contributed by atoms with E-state index < -0.39 is 15.7 Å². The second-order valence-electron chi connectivity index (χ2n) is 3.65. The standard InChI is InChI=1S/C8H10N2O3S/c1-6-3-7(14(11,12)13)5-8(2,4-6)10-9/h3,5H,4H2,1-2H3/p+1. The molecule has 6 heteroatoms. The minimum Gasteiger partial charge on any atom is -0.282 e. The van der Waals surface area contributed by atoms with Gasteiger partial charge in [0.05, 0.1) is 11.3 Å². The molecule has 76 valence electrons. The van der Waals surface area contributed by atoms with Gasteiger partial charge in [-0.25, -0.2) is 0 Å². The predicted molar refractivity (Wildman–Crippen MR) is 51.5 cm³/mol. The highest BCUT2D eigenvalue weighted by Gasteiger charge is 2.40. The summed E-state index contributed by atoms with van der Waals surface area (Å²) in [7, 11) is -4.23. The summed E-state index contributed by atoms with van der Waals surface area (Å²) >= 11 is 0. The Balaban J connectivity index is 3.28. The Morgan fingerprint density at radius 3 is 2.64 bits per heavy atom. The Morgan fingerprint density at radius 2 is 2.21 bits per heavy atom.